The van der Waals surface area contributed by atoms with E-state index in [1.54, 1.807) is 0 Å². The Morgan fingerprint density at radius 2 is 2.00 bits per heavy atom. The molecule has 1 fully saturated rings. The van der Waals surface area contributed by atoms with E-state index in [0.29, 0.717) is 5.92 Å². The Labute approximate surface area is 104 Å². The highest BCUT2D eigenvalue weighted by Crippen LogP contribution is 2.23. The molecule has 0 aromatic rings. The van der Waals surface area contributed by atoms with Crippen LogP contribution in [-0.4, -0.2) is 36.2 Å². The van der Waals surface area contributed by atoms with Crippen molar-refractivity contribution in [3.8, 4) is 0 Å². The quantitative estimate of drug-likeness (QED) is 0.652. The van der Waals surface area contributed by atoms with Crippen LogP contribution in [0.15, 0.2) is 0 Å². The first-order valence-electron chi connectivity index (χ1n) is 6.82. The average Bonchev–Trinajstić information content (AvgIpc) is 2.34. The first kappa shape index (κ1) is 14.5. The molecule has 4 heteroatoms. The maximum atomic E-state index is 11.6. The number of carbonyl (C=O) groups excluding carboxylic acids is 1. The first-order chi connectivity index (χ1) is 8.13. The number of aliphatic hydroxyl groups is 1. The minimum absolute atomic E-state index is 0.0858. The van der Waals surface area contributed by atoms with Crippen molar-refractivity contribution in [3.63, 3.8) is 0 Å². The normalized spacial score (nSPS) is 26.5. The van der Waals surface area contributed by atoms with E-state index in [4.69, 9.17) is 0 Å². The second-order valence-corrected chi connectivity index (χ2v) is 5.10. The molecule has 0 aromatic carbocycles. The molecule has 0 saturated heterocycles. The second kappa shape index (κ2) is 7.67. The Balaban J connectivity index is 2.14. The van der Waals surface area contributed by atoms with Gasteiger partial charge in [-0.25, -0.2) is 0 Å². The lowest BCUT2D eigenvalue weighted by Crippen LogP contribution is -2.44. The van der Waals surface area contributed by atoms with Gasteiger partial charge in [0, 0.05) is 6.54 Å². The Kier molecular flexibility index (Phi) is 6.52. The van der Waals surface area contributed by atoms with Gasteiger partial charge in [0.1, 0.15) is 0 Å². The number of amides is 1. The van der Waals surface area contributed by atoms with Gasteiger partial charge in [0.2, 0.25) is 5.91 Å². The van der Waals surface area contributed by atoms with E-state index >= 15 is 0 Å². The molecule has 3 N–H and O–H groups in total. The maximum Gasteiger partial charge on any atom is 0.236 e. The largest absolute Gasteiger partial charge is 0.393 e. The lowest BCUT2D eigenvalue weighted by Gasteiger charge is -2.26. The minimum Gasteiger partial charge on any atom is -0.393 e. The van der Waals surface area contributed by atoms with Crippen LogP contribution in [0.25, 0.3) is 0 Å². The van der Waals surface area contributed by atoms with Crippen LogP contribution in [0.3, 0.4) is 0 Å². The third-order valence-corrected chi connectivity index (χ3v) is 3.47. The molecule has 0 radical (unpaired) electrons. The number of carbonyl (C=O) groups is 1. The van der Waals surface area contributed by atoms with Gasteiger partial charge in [-0.05, 0) is 51.5 Å². The topological polar surface area (TPSA) is 61.4 Å². The van der Waals surface area contributed by atoms with Crippen molar-refractivity contribution < 1.29 is 9.90 Å². The summed E-state index contributed by atoms with van der Waals surface area (Å²) in [6, 6.07) is -0.117. The average molecular weight is 242 g/mol. The van der Waals surface area contributed by atoms with Crippen LogP contribution < -0.4 is 10.6 Å². The molecule has 4 nitrogen and oxygen atoms in total. The molecule has 0 aromatic heterocycles. The van der Waals surface area contributed by atoms with Gasteiger partial charge in [0.05, 0.1) is 12.1 Å². The molecule has 0 heterocycles. The van der Waals surface area contributed by atoms with Crippen LogP contribution >= 0.6 is 0 Å². The molecule has 1 amide bonds. The number of nitrogens with one attached hydrogen (secondary N) is 2. The molecular weight excluding hydrogens is 216 g/mol. The predicted molar refractivity (Wildman–Crippen MR) is 68.7 cm³/mol. The maximum absolute atomic E-state index is 11.6. The van der Waals surface area contributed by atoms with Crippen molar-refractivity contribution >= 4 is 5.91 Å². The van der Waals surface area contributed by atoms with Crippen molar-refractivity contribution in [1.29, 1.82) is 0 Å². The predicted octanol–water partition coefficient (Wildman–Crippen LogP) is 1.04. The van der Waals surface area contributed by atoms with Crippen molar-refractivity contribution in [1.82, 2.24) is 10.6 Å². The molecule has 100 valence electrons. The zero-order valence-electron chi connectivity index (χ0n) is 11.0. The molecule has 1 saturated carbocycles. The van der Waals surface area contributed by atoms with E-state index < -0.39 is 0 Å². The van der Waals surface area contributed by atoms with Gasteiger partial charge in [-0.1, -0.05) is 6.92 Å². The molecule has 1 unspecified atom stereocenters. The Morgan fingerprint density at radius 1 is 1.35 bits per heavy atom. The smallest absolute Gasteiger partial charge is 0.236 e. The van der Waals surface area contributed by atoms with Crippen LogP contribution in [0, 0.1) is 5.92 Å². The third kappa shape index (κ3) is 5.50. The molecule has 1 rings (SSSR count). The SMILES string of the molecule is CCCNC(=O)C(C)NCC1CCC(O)CC1. The fourth-order valence-electron chi connectivity index (χ4n) is 2.19. The zero-order valence-corrected chi connectivity index (χ0v) is 11.0. The van der Waals surface area contributed by atoms with Gasteiger partial charge < -0.3 is 15.7 Å². The Hall–Kier alpha value is -0.610. The minimum atomic E-state index is -0.117. The van der Waals surface area contributed by atoms with E-state index in [-0.39, 0.29) is 18.1 Å². The van der Waals surface area contributed by atoms with Crippen LogP contribution in [0.4, 0.5) is 0 Å². The van der Waals surface area contributed by atoms with Gasteiger partial charge in [-0.2, -0.15) is 0 Å². The van der Waals surface area contributed by atoms with E-state index in [2.05, 4.69) is 10.6 Å². The summed E-state index contributed by atoms with van der Waals surface area (Å²) in [4.78, 5) is 11.6. The fourth-order valence-corrected chi connectivity index (χ4v) is 2.19. The summed E-state index contributed by atoms with van der Waals surface area (Å²) in [5.74, 6) is 0.697. The molecule has 0 spiro atoms. The lowest BCUT2D eigenvalue weighted by atomic mass is 9.87. The van der Waals surface area contributed by atoms with E-state index in [9.17, 15) is 9.90 Å². The summed E-state index contributed by atoms with van der Waals surface area (Å²) in [5, 5.41) is 15.6. The van der Waals surface area contributed by atoms with E-state index in [1.165, 1.54) is 0 Å². The molecule has 1 aliphatic rings. The van der Waals surface area contributed by atoms with Crippen molar-refractivity contribution in [2.75, 3.05) is 13.1 Å². The lowest BCUT2D eigenvalue weighted by molar-refractivity contribution is -0.122. The summed E-state index contributed by atoms with van der Waals surface area (Å²) < 4.78 is 0. The van der Waals surface area contributed by atoms with Crippen molar-refractivity contribution in [2.24, 2.45) is 5.92 Å². The van der Waals surface area contributed by atoms with Gasteiger partial charge in [-0.15, -0.1) is 0 Å². The molecular formula is C13H26N2O2. The van der Waals surface area contributed by atoms with Gasteiger partial charge >= 0.3 is 0 Å². The summed E-state index contributed by atoms with van der Waals surface area (Å²) in [7, 11) is 0. The first-order valence-corrected chi connectivity index (χ1v) is 6.82. The highest BCUT2D eigenvalue weighted by atomic mass is 16.3. The Morgan fingerprint density at radius 3 is 2.59 bits per heavy atom. The van der Waals surface area contributed by atoms with Crippen molar-refractivity contribution in [2.45, 2.75) is 58.1 Å². The number of rotatable bonds is 6. The third-order valence-electron chi connectivity index (χ3n) is 3.47. The van der Waals surface area contributed by atoms with E-state index in [1.807, 2.05) is 13.8 Å². The highest BCUT2D eigenvalue weighted by Gasteiger charge is 2.20. The van der Waals surface area contributed by atoms with E-state index in [0.717, 1.165) is 45.2 Å². The highest BCUT2D eigenvalue weighted by molar-refractivity contribution is 5.81. The van der Waals surface area contributed by atoms with Gasteiger partial charge in [-0.3, -0.25) is 4.79 Å². The van der Waals surface area contributed by atoms with Crippen LogP contribution in [0.5, 0.6) is 0 Å². The molecule has 0 bridgehead atoms. The fraction of sp³-hybridized carbons (Fsp3) is 0.923. The monoisotopic (exact) mass is 242 g/mol. The molecule has 1 aliphatic carbocycles. The van der Waals surface area contributed by atoms with Crippen LogP contribution in [0.2, 0.25) is 0 Å². The zero-order chi connectivity index (χ0) is 12.7. The molecule has 0 aliphatic heterocycles. The van der Waals surface area contributed by atoms with Gasteiger partial charge in [0.15, 0.2) is 0 Å². The van der Waals surface area contributed by atoms with Crippen LogP contribution in [0.1, 0.15) is 46.0 Å². The number of hydrogen-bond acceptors (Lipinski definition) is 3. The number of aliphatic hydroxyl groups excluding tert-OH is 1. The Bertz CT molecular complexity index is 225. The summed E-state index contributed by atoms with van der Waals surface area (Å²) in [6.45, 7) is 5.59. The van der Waals surface area contributed by atoms with Gasteiger partial charge in [0.25, 0.3) is 0 Å². The molecule has 17 heavy (non-hydrogen) atoms. The number of hydrogen-bond donors (Lipinski definition) is 3. The summed E-state index contributed by atoms with van der Waals surface area (Å²) >= 11 is 0. The summed E-state index contributed by atoms with van der Waals surface area (Å²) in [5.41, 5.74) is 0. The molecule has 1 atom stereocenters. The van der Waals surface area contributed by atoms with Crippen LogP contribution in [-0.2, 0) is 4.79 Å². The van der Waals surface area contributed by atoms with Crippen molar-refractivity contribution in [3.05, 3.63) is 0 Å². The standard InChI is InChI=1S/C13H26N2O2/c1-3-8-14-13(17)10(2)15-9-11-4-6-12(16)7-5-11/h10-12,15-16H,3-9H2,1-2H3,(H,14,17). The summed E-state index contributed by atoms with van der Waals surface area (Å²) in [6.07, 6.45) is 4.82. The second-order valence-electron chi connectivity index (χ2n) is 5.10.